The number of rotatable bonds is 5. The van der Waals surface area contributed by atoms with Crippen molar-refractivity contribution < 1.29 is 12.8 Å². The number of benzene rings is 1. The third-order valence-corrected chi connectivity index (χ3v) is 3.94. The molecule has 0 saturated carbocycles. The average Bonchev–Trinajstić information content (AvgIpc) is 2.76. The normalized spacial score (nSPS) is 11.6. The molecular weight excluding hydrogens is 264 g/mol. The molecule has 0 unspecified atom stereocenters. The predicted molar refractivity (Wildman–Crippen MR) is 73.8 cm³/mol. The molecule has 0 amide bonds. The Morgan fingerprint density at radius 3 is 2.58 bits per heavy atom. The van der Waals surface area contributed by atoms with Gasteiger partial charge in [0.15, 0.2) is 0 Å². The van der Waals surface area contributed by atoms with E-state index >= 15 is 0 Å². The first-order chi connectivity index (χ1) is 8.96. The molecule has 1 aromatic heterocycles. The van der Waals surface area contributed by atoms with Gasteiger partial charge in [-0.3, -0.25) is 0 Å². The number of hydrogen-bond donors (Lipinski definition) is 2. The van der Waals surface area contributed by atoms with Gasteiger partial charge in [0.2, 0.25) is 10.0 Å². The molecule has 0 aliphatic carbocycles. The highest BCUT2D eigenvalue weighted by molar-refractivity contribution is 7.88. The Balaban J connectivity index is 2.01. The van der Waals surface area contributed by atoms with E-state index in [1.54, 1.807) is 36.4 Å². The lowest BCUT2D eigenvalue weighted by molar-refractivity contribution is 0.475. The fourth-order valence-electron chi connectivity index (χ4n) is 1.68. The summed E-state index contributed by atoms with van der Waals surface area (Å²) in [7, 11) is -3.44. The molecular formula is C13H16N2O3S. The maximum atomic E-state index is 11.9. The van der Waals surface area contributed by atoms with Gasteiger partial charge in [-0.1, -0.05) is 18.2 Å². The SMILES string of the molecule is Cc1ccc(CNS(=O)(=O)Cc2ccccc2N)o1. The summed E-state index contributed by atoms with van der Waals surface area (Å²) in [5.74, 6) is 1.20. The highest BCUT2D eigenvalue weighted by atomic mass is 32.2. The molecule has 0 aliphatic rings. The summed E-state index contributed by atoms with van der Waals surface area (Å²) in [4.78, 5) is 0. The van der Waals surface area contributed by atoms with Gasteiger partial charge >= 0.3 is 0 Å². The molecule has 2 rings (SSSR count). The van der Waals surface area contributed by atoms with Crippen LogP contribution in [0.1, 0.15) is 17.1 Å². The number of sulfonamides is 1. The van der Waals surface area contributed by atoms with Gasteiger partial charge in [-0.15, -0.1) is 0 Å². The minimum absolute atomic E-state index is 0.140. The van der Waals surface area contributed by atoms with Crippen LogP contribution >= 0.6 is 0 Å². The lowest BCUT2D eigenvalue weighted by Crippen LogP contribution is -2.24. The molecule has 0 aliphatic heterocycles. The van der Waals surface area contributed by atoms with Gasteiger partial charge in [0.05, 0.1) is 12.3 Å². The minimum atomic E-state index is -3.44. The molecule has 5 nitrogen and oxygen atoms in total. The van der Waals surface area contributed by atoms with Crippen molar-refractivity contribution in [2.45, 2.75) is 19.2 Å². The Morgan fingerprint density at radius 1 is 1.21 bits per heavy atom. The van der Waals surface area contributed by atoms with E-state index < -0.39 is 10.0 Å². The van der Waals surface area contributed by atoms with Gasteiger partial charge in [-0.2, -0.15) is 0 Å². The number of nitrogens with one attached hydrogen (secondary N) is 1. The second-order valence-electron chi connectivity index (χ2n) is 4.29. The second kappa shape index (κ2) is 5.46. The zero-order chi connectivity index (χ0) is 13.9. The molecule has 6 heteroatoms. The maximum absolute atomic E-state index is 11.9. The maximum Gasteiger partial charge on any atom is 0.216 e. The van der Waals surface area contributed by atoms with Crippen LogP contribution in [0.3, 0.4) is 0 Å². The van der Waals surface area contributed by atoms with Crippen LogP contribution in [-0.4, -0.2) is 8.42 Å². The van der Waals surface area contributed by atoms with E-state index in [4.69, 9.17) is 10.2 Å². The van der Waals surface area contributed by atoms with Gasteiger partial charge in [0.1, 0.15) is 11.5 Å². The molecule has 1 heterocycles. The lowest BCUT2D eigenvalue weighted by atomic mass is 10.2. The fourth-order valence-corrected chi connectivity index (χ4v) is 2.82. The quantitative estimate of drug-likeness (QED) is 0.818. The molecule has 19 heavy (non-hydrogen) atoms. The number of aryl methyl sites for hydroxylation is 1. The summed E-state index contributed by atoms with van der Waals surface area (Å²) in [6, 6.07) is 10.4. The van der Waals surface area contributed by atoms with Crippen molar-refractivity contribution in [2.24, 2.45) is 0 Å². The second-order valence-corrected chi connectivity index (χ2v) is 6.10. The van der Waals surface area contributed by atoms with Crippen molar-refractivity contribution in [2.75, 3.05) is 5.73 Å². The Hall–Kier alpha value is -1.79. The van der Waals surface area contributed by atoms with Crippen molar-refractivity contribution in [3.8, 4) is 0 Å². The van der Waals surface area contributed by atoms with Crippen LogP contribution in [0.5, 0.6) is 0 Å². The summed E-state index contributed by atoms with van der Waals surface area (Å²) in [5, 5.41) is 0. The Bertz CT molecular complexity index is 662. The number of anilines is 1. The first kappa shape index (κ1) is 13.6. The number of para-hydroxylation sites is 1. The molecule has 0 atom stereocenters. The molecule has 0 spiro atoms. The van der Waals surface area contributed by atoms with Crippen LogP contribution < -0.4 is 10.5 Å². The molecule has 102 valence electrons. The molecule has 0 bridgehead atoms. The molecule has 2 aromatic rings. The van der Waals surface area contributed by atoms with Gasteiger partial charge in [0.25, 0.3) is 0 Å². The Labute approximate surface area is 112 Å². The van der Waals surface area contributed by atoms with E-state index in [1.807, 2.05) is 6.92 Å². The topological polar surface area (TPSA) is 85.3 Å². The van der Waals surface area contributed by atoms with Crippen molar-refractivity contribution in [3.05, 3.63) is 53.5 Å². The van der Waals surface area contributed by atoms with Crippen molar-refractivity contribution in [3.63, 3.8) is 0 Å². The van der Waals surface area contributed by atoms with Crippen LogP contribution in [0.4, 0.5) is 5.69 Å². The van der Waals surface area contributed by atoms with Crippen LogP contribution in [0.2, 0.25) is 0 Å². The first-order valence-electron chi connectivity index (χ1n) is 5.82. The zero-order valence-electron chi connectivity index (χ0n) is 10.6. The van der Waals surface area contributed by atoms with Gasteiger partial charge in [-0.25, -0.2) is 13.1 Å². The summed E-state index contributed by atoms with van der Waals surface area (Å²) in [5.41, 5.74) is 6.79. The summed E-state index contributed by atoms with van der Waals surface area (Å²) in [6.07, 6.45) is 0. The third kappa shape index (κ3) is 3.84. The van der Waals surface area contributed by atoms with Crippen LogP contribution in [0, 0.1) is 6.92 Å². The van der Waals surface area contributed by atoms with E-state index in [2.05, 4.69) is 4.72 Å². The van der Waals surface area contributed by atoms with Gasteiger partial charge in [-0.05, 0) is 30.7 Å². The number of hydrogen-bond acceptors (Lipinski definition) is 4. The third-order valence-electron chi connectivity index (χ3n) is 2.66. The monoisotopic (exact) mass is 280 g/mol. The predicted octanol–water partition coefficient (Wildman–Crippen LogP) is 1.79. The smallest absolute Gasteiger partial charge is 0.216 e. The lowest BCUT2D eigenvalue weighted by Gasteiger charge is -2.07. The molecule has 0 fully saturated rings. The van der Waals surface area contributed by atoms with Crippen LogP contribution in [-0.2, 0) is 22.3 Å². The van der Waals surface area contributed by atoms with Crippen molar-refractivity contribution >= 4 is 15.7 Å². The zero-order valence-corrected chi connectivity index (χ0v) is 11.4. The summed E-state index contributed by atoms with van der Waals surface area (Å²) >= 11 is 0. The summed E-state index contributed by atoms with van der Waals surface area (Å²) in [6.45, 7) is 1.95. The average molecular weight is 280 g/mol. The highest BCUT2D eigenvalue weighted by Gasteiger charge is 2.13. The molecule has 1 aromatic carbocycles. The van der Waals surface area contributed by atoms with E-state index in [0.29, 0.717) is 17.0 Å². The van der Waals surface area contributed by atoms with Crippen molar-refractivity contribution in [1.29, 1.82) is 0 Å². The van der Waals surface area contributed by atoms with E-state index in [-0.39, 0.29) is 12.3 Å². The highest BCUT2D eigenvalue weighted by Crippen LogP contribution is 2.14. The van der Waals surface area contributed by atoms with Gasteiger partial charge in [0, 0.05) is 5.69 Å². The number of furan rings is 1. The Kier molecular flexibility index (Phi) is 3.92. The van der Waals surface area contributed by atoms with E-state index in [0.717, 1.165) is 5.76 Å². The number of nitrogen functional groups attached to an aromatic ring is 1. The van der Waals surface area contributed by atoms with Gasteiger partial charge < -0.3 is 10.2 Å². The molecule has 0 saturated heterocycles. The fraction of sp³-hybridized carbons (Fsp3) is 0.231. The number of nitrogens with two attached hydrogens (primary N) is 1. The van der Waals surface area contributed by atoms with E-state index in [9.17, 15) is 8.42 Å². The van der Waals surface area contributed by atoms with Crippen LogP contribution in [0.15, 0.2) is 40.8 Å². The minimum Gasteiger partial charge on any atom is -0.465 e. The van der Waals surface area contributed by atoms with Crippen LogP contribution in [0.25, 0.3) is 0 Å². The Morgan fingerprint density at radius 2 is 1.95 bits per heavy atom. The molecule has 0 radical (unpaired) electrons. The summed E-state index contributed by atoms with van der Waals surface area (Å²) < 4.78 is 31.6. The van der Waals surface area contributed by atoms with Crippen molar-refractivity contribution in [1.82, 2.24) is 4.72 Å². The van der Waals surface area contributed by atoms with E-state index in [1.165, 1.54) is 0 Å². The first-order valence-corrected chi connectivity index (χ1v) is 7.47. The molecule has 3 N–H and O–H groups in total. The largest absolute Gasteiger partial charge is 0.465 e. The standard InChI is InChI=1S/C13H16N2O3S/c1-10-6-7-12(18-10)8-15-19(16,17)9-11-4-2-3-5-13(11)14/h2-7,15H,8-9,14H2,1H3.